The Bertz CT molecular complexity index is 279. The summed E-state index contributed by atoms with van der Waals surface area (Å²) in [6, 6.07) is 0.519. The Morgan fingerprint density at radius 2 is 2.05 bits per heavy atom. The molecule has 0 aliphatic heterocycles. The number of carbonyl (C=O) groups excluding carboxylic acids is 1. The van der Waals surface area contributed by atoms with E-state index in [0.717, 1.165) is 6.08 Å². The molecule has 20 heavy (non-hydrogen) atoms. The van der Waals surface area contributed by atoms with Crippen LogP contribution in [0.5, 0.6) is 0 Å². The van der Waals surface area contributed by atoms with E-state index in [9.17, 15) is 4.79 Å². The van der Waals surface area contributed by atoms with Gasteiger partial charge in [0.05, 0.1) is 12.7 Å². The third kappa shape index (κ3) is 8.41. The summed E-state index contributed by atoms with van der Waals surface area (Å²) in [4.78, 5) is 10.9. The highest BCUT2D eigenvalue weighted by Crippen LogP contribution is 2.16. The van der Waals surface area contributed by atoms with Crippen molar-refractivity contribution in [1.82, 2.24) is 0 Å². The molecule has 118 valence electrons. The second-order valence-electron chi connectivity index (χ2n) is 4.05. The quantitative estimate of drug-likeness (QED) is 0.187. The zero-order valence-corrected chi connectivity index (χ0v) is 13.3. The molecule has 0 amide bonds. The summed E-state index contributed by atoms with van der Waals surface area (Å²) in [5.41, 5.74) is 0. The van der Waals surface area contributed by atoms with E-state index in [1.54, 1.807) is 6.92 Å². The number of esters is 1. The maximum absolute atomic E-state index is 10.9. The highest BCUT2D eigenvalue weighted by Gasteiger charge is 2.38. The average Bonchev–Trinajstić information content (AvgIpc) is 2.44. The van der Waals surface area contributed by atoms with E-state index in [0.29, 0.717) is 19.1 Å². The second kappa shape index (κ2) is 10.9. The number of hydrogen-bond donors (Lipinski definition) is 1. The summed E-state index contributed by atoms with van der Waals surface area (Å²) >= 11 is 0. The smallest absolute Gasteiger partial charge is 0.436 e. The van der Waals surface area contributed by atoms with Crippen LogP contribution in [0.15, 0.2) is 12.7 Å². The molecule has 0 saturated heterocycles. The third-order valence-corrected chi connectivity index (χ3v) is 5.17. The first-order valence-electron chi connectivity index (χ1n) is 6.29. The number of rotatable bonds is 12. The molecule has 0 aromatic rings. The van der Waals surface area contributed by atoms with Crippen LogP contribution < -0.4 is 0 Å². The maximum atomic E-state index is 10.9. The molecule has 1 atom stereocenters. The van der Waals surface area contributed by atoms with Gasteiger partial charge in [0.25, 0.3) is 0 Å². The lowest BCUT2D eigenvalue weighted by atomic mass is 10.4. The van der Waals surface area contributed by atoms with E-state index in [2.05, 4.69) is 6.58 Å². The first-order chi connectivity index (χ1) is 9.49. The lowest BCUT2D eigenvalue weighted by molar-refractivity contribution is -0.146. The minimum absolute atomic E-state index is 0.243. The lowest BCUT2D eigenvalue weighted by Gasteiger charge is -2.25. The maximum Gasteiger partial charge on any atom is 0.503 e. The van der Waals surface area contributed by atoms with Crippen LogP contribution in [0.1, 0.15) is 13.3 Å². The number of ether oxygens (including phenoxy) is 2. The van der Waals surface area contributed by atoms with Crippen molar-refractivity contribution in [3.63, 3.8) is 0 Å². The van der Waals surface area contributed by atoms with Crippen molar-refractivity contribution in [3.05, 3.63) is 12.7 Å². The van der Waals surface area contributed by atoms with Crippen molar-refractivity contribution in [3.8, 4) is 0 Å². The van der Waals surface area contributed by atoms with Crippen molar-refractivity contribution in [2.24, 2.45) is 0 Å². The highest BCUT2D eigenvalue weighted by molar-refractivity contribution is 6.60. The first kappa shape index (κ1) is 19.2. The fraction of sp³-hybridized carbons (Fsp3) is 0.750. The average molecular weight is 308 g/mol. The Balaban J connectivity index is 4.04. The normalized spacial score (nSPS) is 13.0. The first-order valence-corrected chi connectivity index (χ1v) is 8.22. The van der Waals surface area contributed by atoms with Crippen LogP contribution in [-0.2, 0) is 27.5 Å². The van der Waals surface area contributed by atoms with Gasteiger partial charge in [-0.1, -0.05) is 6.58 Å². The molecule has 0 aromatic heterocycles. The number of aliphatic hydroxyl groups is 1. The summed E-state index contributed by atoms with van der Waals surface area (Å²) in [6.07, 6.45) is 1.21. The van der Waals surface area contributed by atoms with E-state index in [1.807, 2.05) is 0 Å². The Morgan fingerprint density at radius 1 is 1.40 bits per heavy atom. The number of hydrogen-bond acceptors (Lipinski definition) is 7. The van der Waals surface area contributed by atoms with Gasteiger partial charge in [-0.3, -0.25) is 0 Å². The van der Waals surface area contributed by atoms with Crippen molar-refractivity contribution in [2.75, 3.05) is 34.2 Å². The molecule has 0 aliphatic rings. The van der Waals surface area contributed by atoms with Crippen LogP contribution in [0, 0.1) is 0 Å². The van der Waals surface area contributed by atoms with E-state index < -0.39 is 20.9 Å². The van der Waals surface area contributed by atoms with Crippen molar-refractivity contribution in [2.45, 2.75) is 25.5 Å². The molecule has 0 heterocycles. The molecule has 0 aliphatic carbocycles. The molecule has 0 radical (unpaired) electrons. The highest BCUT2D eigenvalue weighted by atomic mass is 28.4. The summed E-state index contributed by atoms with van der Waals surface area (Å²) in [7, 11) is 0.121. The van der Waals surface area contributed by atoms with Crippen LogP contribution in [-0.4, -0.2) is 60.2 Å². The Morgan fingerprint density at radius 3 is 2.55 bits per heavy atom. The van der Waals surface area contributed by atoms with E-state index >= 15 is 0 Å². The van der Waals surface area contributed by atoms with Crippen molar-refractivity contribution in [1.29, 1.82) is 0 Å². The monoisotopic (exact) mass is 308 g/mol. The van der Waals surface area contributed by atoms with Gasteiger partial charge in [-0.15, -0.1) is 0 Å². The van der Waals surface area contributed by atoms with Crippen LogP contribution in [0.4, 0.5) is 0 Å². The molecule has 0 aromatic carbocycles. The Kier molecular flexibility index (Phi) is 10.5. The minimum Gasteiger partial charge on any atom is -0.436 e. The standard InChI is InChI=1S/C12H24O7Si/c1-5-12(14)18-10-19-20(15-3,16-4)8-6-7-17-9-11(2)13/h5,11,13H,1,6-10H2,2-4H3. The minimum atomic E-state index is -2.85. The SMILES string of the molecule is C=CC(=O)OCO[Si](CCCOCC(C)O)(OC)OC. The van der Waals surface area contributed by atoms with Crippen molar-refractivity contribution < 1.29 is 32.7 Å². The van der Waals surface area contributed by atoms with E-state index in [1.165, 1.54) is 14.2 Å². The molecule has 0 rings (SSSR count). The zero-order valence-electron chi connectivity index (χ0n) is 12.3. The predicted molar refractivity (Wildman–Crippen MR) is 73.9 cm³/mol. The predicted octanol–water partition coefficient (Wildman–Crippen LogP) is 0.709. The summed E-state index contributed by atoms with van der Waals surface area (Å²) in [6.45, 7) is 5.44. The molecule has 1 unspecified atom stereocenters. The molecule has 0 bridgehead atoms. The fourth-order valence-corrected chi connectivity index (χ4v) is 3.13. The summed E-state index contributed by atoms with van der Waals surface area (Å²) < 4.78 is 26.0. The van der Waals surface area contributed by atoms with E-state index in [4.69, 9.17) is 27.9 Å². The summed E-state index contributed by atoms with van der Waals surface area (Å²) in [5, 5.41) is 9.05. The topological polar surface area (TPSA) is 83.5 Å². The molecule has 7 nitrogen and oxygen atoms in total. The van der Waals surface area contributed by atoms with Gasteiger partial charge in [-0.05, 0) is 13.3 Å². The van der Waals surface area contributed by atoms with Gasteiger partial charge in [0.2, 0.25) is 0 Å². The van der Waals surface area contributed by atoms with Gasteiger partial charge in [0.1, 0.15) is 0 Å². The molecule has 0 saturated carbocycles. The molecular weight excluding hydrogens is 284 g/mol. The van der Waals surface area contributed by atoms with Gasteiger partial charge >= 0.3 is 14.8 Å². The Hall–Kier alpha value is -0.773. The molecule has 0 fully saturated rings. The number of aliphatic hydroxyl groups excluding tert-OH is 1. The third-order valence-electron chi connectivity index (χ3n) is 2.40. The second-order valence-corrected chi connectivity index (χ2v) is 7.02. The Labute approximate surface area is 120 Å². The summed E-state index contributed by atoms with van der Waals surface area (Å²) in [5.74, 6) is -0.569. The van der Waals surface area contributed by atoms with Crippen molar-refractivity contribution >= 4 is 14.8 Å². The molecule has 0 spiro atoms. The molecular formula is C12H24O7Si. The zero-order chi connectivity index (χ0) is 15.4. The van der Waals surface area contributed by atoms with Gasteiger partial charge in [0.15, 0.2) is 6.79 Å². The van der Waals surface area contributed by atoms with Gasteiger partial charge in [-0.2, -0.15) is 0 Å². The fourth-order valence-electron chi connectivity index (χ4n) is 1.36. The van der Waals surface area contributed by atoms with E-state index in [-0.39, 0.29) is 13.4 Å². The number of carbonyl (C=O) groups is 1. The van der Waals surface area contributed by atoms with Gasteiger partial charge in [-0.25, -0.2) is 4.79 Å². The van der Waals surface area contributed by atoms with Gasteiger partial charge in [0, 0.05) is 32.9 Å². The van der Waals surface area contributed by atoms with Gasteiger partial charge < -0.3 is 27.9 Å². The molecule has 8 heteroatoms. The van der Waals surface area contributed by atoms with Crippen LogP contribution >= 0.6 is 0 Å². The van der Waals surface area contributed by atoms with Crippen LogP contribution in [0.3, 0.4) is 0 Å². The molecule has 1 N–H and O–H groups in total. The lowest BCUT2D eigenvalue weighted by Crippen LogP contribution is -2.44. The van der Waals surface area contributed by atoms with Crippen LogP contribution in [0.25, 0.3) is 0 Å². The van der Waals surface area contributed by atoms with Crippen LogP contribution in [0.2, 0.25) is 6.04 Å². The largest absolute Gasteiger partial charge is 0.503 e.